The molecule has 0 aliphatic heterocycles. The van der Waals surface area contributed by atoms with E-state index in [-0.39, 0.29) is 0 Å². The predicted octanol–water partition coefficient (Wildman–Crippen LogP) is 0.0817. The van der Waals surface area contributed by atoms with E-state index in [4.69, 9.17) is 5.11 Å². The van der Waals surface area contributed by atoms with Gasteiger partial charge in [0.15, 0.2) is 0 Å². The van der Waals surface area contributed by atoms with Gasteiger partial charge in [-0.3, -0.25) is 14.6 Å². The fourth-order valence-electron chi connectivity index (χ4n) is 1.33. The molecular formula is C11H10N4O3. The summed E-state index contributed by atoms with van der Waals surface area (Å²) in [5.41, 5.74) is 1.01. The van der Waals surface area contributed by atoms with Crippen molar-refractivity contribution in [2.24, 2.45) is 0 Å². The fraction of sp³-hybridized carbons (Fsp3) is 0.0909. The lowest BCUT2D eigenvalue weighted by Gasteiger charge is -1.99. The standard InChI is InChI=1S/C11H10N4O3/c16-10(17)6-13-11(18)8-4-14-15(7-8)9-2-1-3-12-5-9/h1-5,7H,6H2,(H,13,18)(H,16,17). The number of aliphatic carboxylic acids is 1. The predicted molar refractivity (Wildman–Crippen MR) is 61.3 cm³/mol. The average molecular weight is 246 g/mol. The van der Waals surface area contributed by atoms with E-state index in [2.05, 4.69) is 15.4 Å². The van der Waals surface area contributed by atoms with Gasteiger partial charge in [-0.15, -0.1) is 0 Å². The molecule has 0 aliphatic carbocycles. The monoisotopic (exact) mass is 246 g/mol. The summed E-state index contributed by atoms with van der Waals surface area (Å²) in [5, 5.41) is 14.7. The third kappa shape index (κ3) is 2.70. The minimum Gasteiger partial charge on any atom is -0.480 e. The highest BCUT2D eigenvalue weighted by molar-refractivity contribution is 5.95. The third-order valence-corrected chi connectivity index (χ3v) is 2.16. The van der Waals surface area contributed by atoms with E-state index in [1.54, 1.807) is 24.5 Å². The van der Waals surface area contributed by atoms with Gasteiger partial charge >= 0.3 is 5.97 Å². The van der Waals surface area contributed by atoms with Crippen LogP contribution >= 0.6 is 0 Å². The van der Waals surface area contributed by atoms with Crippen molar-refractivity contribution in [3.8, 4) is 5.69 Å². The molecule has 0 atom stereocenters. The van der Waals surface area contributed by atoms with Gasteiger partial charge in [0.2, 0.25) is 0 Å². The number of carbonyl (C=O) groups is 2. The first-order chi connectivity index (χ1) is 8.66. The van der Waals surface area contributed by atoms with E-state index in [0.717, 1.165) is 5.69 Å². The lowest BCUT2D eigenvalue weighted by atomic mass is 10.3. The van der Waals surface area contributed by atoms with Gasteiger partial charge in [0.1, 0.15) is 6.54 Å². The molecule has 0 bridgehead atoms. The van der Waals surface area contributed by atoms with E-state index in [1.807, 2.05) is 0 Å². The number of pyridine rings is 1. The molecule has 0 fully saturated rings. The zero-order valence-electron chi connectivity index (χ0n) is 9.28. The molecule has 7 heteroatoms. The molecule has 18 heavy (non-hydrogen) atoms. The number of amides is 1. The molecule has 0 saturated carbocycles. The van der Waals surface area contributed by atoms with E-state index in [9.17, 15) is 9.59 Å². The summed E-state index contributed by atoms with van der Waals surface area (Å²) < 4.78 is 1.49. The van der Waals surface area contributed by atoms with Crippen molar-refractivity contribution in [1.29, 1.82) is 0 Å². The van der Waals surface area contributed by atoms with Crippen LogP contribution in [0.4, 0.5) is 0 Å². The van der Waals surface area contributed by atoms with Crippen LogP contribution in [0, 0.1) is 0 Å². The van der Waals surface area contributed by atoms with Crippen molar-refractivity contribution < 1.29 is 14.7 Å². The normalized spacial score (nSPS) is 10.0. The molecule has 2 heterocycles. The smallest absolute Gasteiger partial charge is 0.322 e. The van der Waals surface area contributed by atoms with Crippen LogP contribution in [0.5, 0.6) is 0 Å². The van der Waals surface area contributed by atoms with Crippen molar-refractivity contribution in [2.75, 3.05) is 6.54 Å². The second kappa shape index (κ2) is 5.09. The Morgan fingerprint density at radius 1 is 1.39 bits per heavy atom. The number of aromatic nitrogens is 3. The van der Waals surface area contributed by atoms with Gasteiger partial charge in [-0.1, -0.05) is 0 Å². The minimum absolute atomic E-state index is 0.292. The number of carboxylic acid groups (broad SMARTS) is 1. The first kappa shape index (κ1) is 11.8. The van der Waals surface area contributed by atoms with Crippen LogP contribution < -0.4 is 5.32 Å². The van der Waals surface area contributed by atoms with Crippen molar-refractivity contribution in [2.45, 2.75) is 0 Å². The number of rotatable bonds is 4. The number of hydrogen-bond donors (Lipinski definition) is 2. The minimum atomic E-state index is -1.09. The topological polar surface area (TPSA) is 97.1 Å². The number of carbonyl (C=O) groups excluding carboxylic acids is 1. The lowest BCUT2D eigenvalue weighted by Crippen LogP contribution is -2.28. The van der Waals surface area contributed by atoms with E-state index >= 15 is 0 Å². The maximum absolute atomic E-state index is 11.6. The molecule has 7 nitrogen and oxygen atoms in total. The Kier molecular flexibility index (Phi) is 3.33. The van der Waals surface area contributed by atoms with E-state index < -0.39 is 18.4 Å². The summed E-state index contributed by atoms with van der Waals surface area (Å²) >= 11 is 0. The highest BCUT2D eigenvalue weighted by atomic mass is 16.4. The number of hydrogen-bond acceptors (Lipinski definition) is 4. The third-order valence-electron chi connectivity index (χ3n) is 2.16. The quantitative estimate of drug-likeness (QED) is 0.796. The Morgan fingerprint density at radius 2 is 2.22 bits per heavy atom. The van der Waals surface area contributed by atoms with Crippen molar-refractivity contribution in [3.05, 3.63) is 42.5 Å². The van der Waals surface area contributed by atoms with Crippen LogP contribution in [0.3, 0.4) is 0 Å². The lowest BCUT2D eigenvalue weighted by molar-refractivity contribution is -0.135. The molecule has 2 aromatic rings. The maximum atomic E-state index is 11.6. The van der Waals surface area contributed by atoms with Crippen LogP contribution in [-0.2, 0) is 4.79 Å². The molecule has 0 aliphatic rings. The van der Waals surface area contributed by atoms with Gasteiger partial charge in [0.05, 0.1) is 23.6 Å². The summed E-state index contributed by atoms with van der Waals surface area (Å²) in [6.45, 7) is -0.420. The van der Waals surface area contributed by atoms with Crippen LogP contribution in [-0.4, -0.2) is 38.3 Å². The average Bonchev–Trinajstić information content (AvgIpc) is 2.86. The van der Waals surface area contributed by atoms with Gasteiger partial charge in [0.25, 0.3) is 5.91 Å². The highest BCUT2D eigenvalue weighted by Crippen LogP contribution is 2.05. The number of nitrogens with zero attached hydrogens (tertiary/aromatic N) is 3. The molecule has 0 aromatic carbocycles. The summed E-state index contributed by atoms with van der Waals surface area (Å²) in [5.74, 6) is -1.57. The Balaban J connectivity index is 2.11. The molecule has 0 unspecified atom stereocenters. The molecule has 2 N–H and O–H groups in total. The Bertz CT molecular complexity index is 565. The van der Waals surface area contributed by atoms with Gasteiger partial charge < -0.3 is 10.4 Å². The van der Waals surface area contributed by atoms with Crippen molar-refractivity contribution in [3.63, 3.8) is 0 Å². The first-order valence-electron chi connectivity index (χ1n) is 5.12. The van der Waals surface area contributed by atoms with Gasteiger partial charge in [-0.2, -0.15) is 5.10 Å². The van der Waals surface area contributed by atoms with Gasteiger partial charge in [-0.05, 0) is 12.1 Å². The Morgan fingerprint density at radius 3 is 2.89 bits per heavy atom. The van der Waals surface area contributed by atoms with Gasteiger partial charge in [0, 0.05) is 12.4 Å². The SMILES string of the molecule is O=C(O)CNC(=O)c1cnn(-c2cccnc2)c1. The molecule has 2 rings (SSSR count). The molecule has 1 amide bonds. The highest BCUT2D eigenvalue weighted by Gasteiger charge is 2.10. The van der Waals surface area contributed by atoms with Gasteiger partial charge in [-0.25, -0.2) is 4.68 Å². The zero-order valence-corrected chi connectivity index (χ0v) is 9.28. The van der Waals surface area contributed by atoms with Crippen molar-refractivity contribution >= 4 is 11.9 Å². The number of nitrogens with one attached hydrogen (secondary N) is 1. The second-order valence-corrected chi connectivity index (χ2v) is 3.46. The number of carboxylic acids is 1. The Labute approximate surface area is 102 Å². The molecule has 0 radical (unpaired) electrons. The van der Waals surface area contributed by atoms with E-state index in [0.29, 0.717) is 5.56 Å². The largest absolute Gasteiger partial charge is 0.480 e. The first-order valence-corrected chi connectivity index (χ1v) is 5.12. The molecular weight excluding hydrogens is 236 g/mol. The van der Waals surface area contributed by atoms with E-state index in [1.165, 1.54) is 17.1 Å². The molecule has 92 valence electrons. The second-order valence-electron chi connectivity index (χ2n) is 3.46. The summed E-state index contributed by atoms with van der Waals surface area (Å²) in [7, 11) is 0. The Hall–Kier alpha value is -2.70. The molecule has 2 aromatic heterocycles. The van der Waals surface area contributed by atoms with Crippen LogP contribution in [0.25, 0.3) is 5.69 Å². The maximum Gasteiger partial charge on any atom is 0.322 e. The zero-order chi connectivity index (χ0) is 13.0. The van der Waals surface area contributed by atoms with Crippen LogP contribution in [0.2, 0.25) is 0 Å². The summed E-state index contributed by atoms with van der Waals surface area (Å²) in [4.78, 5) is 25.8. The summed E-state index contributed by atoms with van der Waals surface area (Å²) in [6, 6.07) is 3.54. The van der Waals surface area contributed by atoms with Crippen LogP contribution in [0.15, 0.2) is 36.9 Å². The summed E-state index contributed by atoms with van der Waals surface area (Å²) in [6.07, 6.45) is 6.11. The fourth-order valence-corrected chi connectivity index (χ4v) is 1.33. The molecule has 0 saturated heterocycles. The van der Waals surface area contributed by atoms with Crippen LogP contribution in [0.1, 0.15) is 10.4 Å². The van der Waals surface area contributed by atoms with Crippen molar-refractivity contribution in [1.82, 2.24) is 20.1 Å². The molecule has 0 spiro atoms.